The van der Waals surface area contributed by atoms with Crippen molar-refractivity contribution in [1.82, 2.24) is 0 Å². The number of benzene rings is 2. The van der Waals surface area contributed by atoms with Gasteiger partial charge in [0.05, 0.1) is 5.56 Å². The summed E-state index contributed by atoms with van der Waals surface area (Å²) in [5.74, 6) is -0.715. The predicted octanol–water partition coefficient (Wildman–Crippen LogP) is 2.55. The molecule has 0 aliphatic heterocycles. The lowest BCUT2D eigenvalue weighted by Gasteiger charge is -2.05. The van der Waals surface area contributed by atoms with Gasteiger partial charge in [-0.15, -0.1) is 0 Å². The predicted molar refractivity (Wildman–Crippen MR) is 57.3 cm³/mol. The summed E-state index contributed by atoms with van der Waals surface area (Å²) in [4.78, 5) is 10.7. The zero-order valence-electron chi connectivity index (χ0n) is 8.19. The van der Waals surface area contributed by atoms with Crippen molar-refractivity contribution in [2.24, 2.45) is 0 Å². The summed E-state index contributed by atoms with van der Waals surface area (Å²) in [5, 5.41) is 20.0. The lowest BCUT2D eigenvalue weighted by Crippen LogP contribution is -1.95. The van der Waals surface area contributed by atoms with E-state index in [1.165, 1.54) is 6.07 Å². The number of aromatic hydroxyl groups is 1. The number of phenols is 1. The Kier molecular flexibility index (Phi) is 2.08. The molecule has 0 radical (unpaired) electrons. The molecule has 0 amide bonds. The molecule has 0 heterocycles. The highest BCUT2D eigenvalue weighted by Crippen LogP contribution is 2.26. The normalized spacial score (nSPS) is 10.5. The van der Waals surface area contributed by atoms with Crippen molar-refractivity contribution in [2.75, 3.05) is 0 Å². The third-order valence-corrected chi connectivity index (χ3v) is 2.51. The fourth-order valence-electron chi connectivity index (χ4n) is 1.61. The first kappa shape index (κ1) is 9.52. The minimum atomic E-state index is -0.942. The van der Waals surface area contributed by atoms with E-state index < -0.39 is 5.97 Å². The first-order valence-electron chi connectivity index (χ1n) is 4.55. The van der Waals surface area contributed by atoms with Crippen molar-refractivity contribution in [3.05, 3.63) is 41.5 Å². The van der Waals surface area contributed by atoms with E-state index in [1.807, 2.05) is 0 Å². The molecule has 0 aromatic heterocycles. The van der Waals surface area contributed by atoms with Gasteiger partial charge in [0.25, 0.3) is 0 Å². The molecule has 0 saturated heterocycles. The number of carboxylic acid groups (broad SMARTS) is 1. The molecule has 0 unspecified atom stereocenters. The Balaban J connectivity index is 2.75. The van der Waals surface area contributed by atoms with Crippen LogP contribution in [0.3, 0.4) is 0 Å². The second kappa shape index (κ2) is 3.28. The van der Waals surface area contributed by atoms with Crippen LogP contribution in [0.2, 0.25) is 0 Å². The van der Waals surface area contributed by atoms with Gasteiger partial charge in [-0.1, -0.05) is 12.1 Å². The molecule has 0 aliphatic rings. The molecule has 0 bridgehead atoms. The molecule has 3 heteroatoms. The van der Waals surface area contributed by atoms with Gasteiger partial charge in [-0.05, 0) is 41.5 Å². The zero-order valence-corrected chi connectivity index (χ0v) is 8.19. The Morgan fingerprint density at radius 3 is 2.60 bits per heavy atom. The number of hydrogen-bond acceptors (Lipinski definition) is 2. The minimum Gasteiger partial charge on any atom is -0.508 e. The van der Waals surface area contributed by atoms with Crippen LogP contribution in [-0.4, -0.2) is 16.2 Å². The molecule has 76 valence electrons. The summed E-state index contributed by atoms with van der Waals surface area (Å²) in [7, 11) is 0. The molecule has 2 rings (SSSR count). The highest BCUT2D eigenvalue weighted by Gasteiger charge is 2.06. The van der Waals surface area contributed by atoms with E-state index in [-0.39, 0.29) is 11.3 Å². The molecule has 0 atom stereocenters. The summed E-state index contributed by atoms with van der Waals surface area (Å²) < 4.78 is 0. The smallest absolute Gasteiger partial charge is 0.335 e. The second-order valence-electron chi connectivity index (χ2n) is 3.45. The number of carbonyl (C=O) groups is 1. The van der Waals surface area contributed by atoms with Crippen molar-refractivity contribution in [3.63, 3.8) is 0 Å². The Bertz CT molecular complexity index is 544. The van der Waals surface area contributed by atoms with E-state index in [0.717, 1.165) is 16.3 Å². The molecule has 15 heavy (non-hydrogen) atoms. The van der Waals surface area contributed by atoms with Crippen LogP contribution in [0.5, 0.6) is 5.75 Å². The van der Waals surface area contributed by atoms with E-state index in [1.54, 1.807) is 31.2 Å². The van der Waals surface area contributed by atoms with Crippen LogP contribution >= 0.6 is 0 Å². The molecule has 0 saturated carbocycles. The Morgan fingerprint density at radius 1 is 1.20 bits per heavy atom. The number of fused-ring (bicyclic) bond motifs is 1. The van der Waals surface area contributed by atoms with E-state index >= 15 is 0 Å². The Hall–Kier alpha value is -2.03. The first-order valence-corrected chi connectivity index (χ1v) is 4.55. The summed E-state index contributed by atoms with van der Waals surface area (Å²) in [6.45, 7) is 1.80. The van der Waals surface area contributed by atoms with Crippen molar-refractivity contribution >= 4 is 16.7 Å². The topological polar surface area (TPSA) is 57.5 Å². The van der Waals surface area contributed by atoms with Gasteiger partial charge in [0, 0.05) is 0 Å². The maximum atomic E-state index is 10.7. The van der Waals surface area contributed by atoms with Crippen molar-refractivity contribution < 1.29 is 15.0 Å². The van der Waals surface area contributed by atoms with E-state index in [4.69, 9.17) is 5.11 Å². The first-order chi connectivity index (χ1) is 7.09. The Labute approximate surface area is 86.6 Å². The molecule has 0 fully saturated rings. The Morgan fingerprint density at radius 2 is 1.93 bits per heavy atom. The van der Waals surface area contributed by atoms with E-state index in [2.05, 4.69) is 0 Å². The summed E-state index contributed by atoms with van der Waals surface area (Å²) in [6, 6.07) is 8.14. The van der Waals surface area contributed by atoms with Crippen LogP contribution in [0.15, 0.2) is 30.3 Å². The summed E-state index contributed by atoms with van der Waals surface area (Å²) in [5.41, 5.74) is 1.03. The fraction of sp³-hybridized carbons (Fsp3) is 0.0833. The summed E-state index contributed by atoms with van der Waals surface area (Å²) >= 11 is 0. The van der Waals surface area contributed by atoms with Crippen molar-refractivity contribution in [2.45, 2.75) is 6.92 Å². The number of carboxylic acids is 1. The largest absolute Gasteiger partial charge is 0.508 e. The van der Waals surface area contributed by atoms with Crippen LogP contribution in [0.25, 0.3) is 10.8 Å². The van der Waals surface area contributed by atoms with Crippen molar-refractivity contribution in [1.29, 1.82) is 0 Å². The third kappa shape index (κ3) is 1.52. The number of aryl methyl sites for hydroxylation is 1. The monoisotopic (exact) mass is 202 g/mol. The maximum Gasteiger partial charge on any atom is 0.335 e. The van der Waals surface area contributed by atoms with Gasteiger partial charge in [0.15, 0.2) is 0 Å². The van der Waals surface area contributed by atoms with Crippen LogP contribution in [0, 0.1) is 6.92 Å². The molecule has 2 N–H and O–H groups in total. The van der Waals surface area contributed by atoms with Gasteiger partial charge in [0.1, 0.15) is 5.75 Å². The average Bonchev–Trinajstić information content (AvgIpc) is 2.23. The SMILES string of the molecule is Cc1c(O)ccc2cc(C(=O)O)ccc12. The minimum absolute atomic E-state index is 0.227. The number of phenolic OH excluding ortho intramolecular Hbond substituents is 1. The highest BCUT2D eigenvalue weighted by atomic mass is 16.4. The molecular formula is C12H10O3. The molecule has 2 aromatic carbocycles. The lowest BCUT2D eigenvalue weighted by molar-refractivity contribution is 0.0697. The molecule has 0 aliphatic carbocycles. The molecular weight excluding hydrogens is 192 g/mol. The van der Waals surface area contributed by atoms with Crippen LogP contribution in [0.4, 0.5) is 0 Å². The van der Waals surface area contributed by atoms with Gasteiger partial charge in [-0.25, -0.2) is 4.79 Å². The van der Waals surface area contributed by atoms with Crippen LogP contribution < -0.4 is 0 Å². The van der Waals surface area contributed by atoms with Gasteiger partial charge < -0.3 is 10.2 Å². The van der Waals surface area contributed by atoms with Gasteiger partial charge in [-0.3, -0.25) is 0 Å². The number of aromatic carboxylic acids is 1. The second-order valence-corrected chi connectivity index (χ2v) is 3.45. The molecule has 2 aromatic rings. The van der Waals surface area contributed by atoms with Crippen LogP contribution in [0.1, 0.15) is 15.9 Å². The number of rotatable bonds is 1. The number of hydrogen-bond donors (Lipinski definition) is 2. The van der Waals surface area contributed by atoms with Gasteiger partial charge >= 0.3 is 5.97 Å². The van der Waals surface area contributed by atoms with Crippen LogP contribution in [-0.2, 0) is 0 Å². The standard InChI is InChI=1S/C12H10O3/c1-7-10-4-2-9(12(14)15)6-8(10)3-5-11(7)13/h2-6,13H,1H3,(H,14,15). The molecule has 3 nitrogen and oxygen atoms in total. The fourth-order valence-corrected chi connectivity index (χ4v) is 1.61. The molecule has 0 spiro atoms. The quantitative estimate of drug-likeness (QED) is 0.747. The van der Waals surface area contributed by atoms with Gasteiger partial charge in [-0.2, -0.15) is 0 Å². The summed E-state index contributed by atoms with van der Waals surface area (Å²) in [6.07, 6.45) is 0. The van der Waals surface area contributed by atoms with Gasteiger partial charge in [0.2, 0.25) is 0 Å². The van der Waals surface area contributed by atoms with Crippen molar-refractivity contribution in [3.8, 4) is 5.75 Å². The zero-order chi connectivity index (χ0) is 11.0. The third-order valence-electron chi connectivity index (χ3n) is 2.51. The average molecular weight is 202 g/mol. The van der Waals surface area contributed by atoms with E-state index in [0.29, 0.717) is 0 Å². The lowest BCUT2D eigenvalue weighted by atomic mass is 10.0. The van der Waals surface area contributed by atoms with E-state index in [9.17, 15) is 9.90 Å². The highest BCUT2D eigenvalue weighted by molar-refractivity contribution is 5.96. The maximum absolute atomic E-state index is 10.7.